The lowest BCUT2D eigenvalue weighted by molar-refractivity contribution is -0.384. The summed E-state index contributed by atoms with van der Waals surface area (Å²) in [5.41, 5.74) is 0.893. The minimum absolute atomic E-state index is 0.0991. The lowest BCUT2D eigenvalue weighted by Crippen LogP contribution is -2.36. The van der Waals surface area contributed by atoms with E-state index in [1.807, 2.05) is 22.9 Å². The van der Waals surface area contributed by atoms with Gasteiger partial charge in [-0.3, -0.25) is 15.0 Å². The Hall–Kier alpha value is -2.63. The van der Waals surface area contributed by atoms with Crippen molar-refractivity contribution in [2.45, 2.75) is 6.54 Å². The fourth-order valence-corrected chi connectivity index (χ4v) is 5.44. The third-order valence-corrected chi connectivity index (χ3v) is 7.11. The van der Waals surface area contributed by atoms with Crippen molar-refractivity contribution in [3.63, 3.8) is 0 Å². The van der Waals surface area contributed by atoms with Crippen molar-refractivity contribution in [1.29, 1.82) is 0 Å². The zero-order chi connectivity index (χ0) is 22.1. The Bertz CT molecular complexity index is 1270. The second-order valence-corrected chi connectivity index (χ2v) is 9.33. The van der Waals surface area contributed by atoms with Crippen LogP contribution in [0.4, 0.5) is 5.69 Å². The summed E-state index contributed by atoms with van der Waals surface area (Å²) in [7, 11) is 0. The number of nitro benzene ring substituents is 1. The molecule has 32 heavy (non-hydrogen) atoms. The molecule has 0 atom stereocenters. The molecular formula is C21H17ClN4O4S2. The van der Waals surface area contributed by atoms with Crippen LogP contribution >= 0.6 is 34.3 Å². The number of morpholine rings is 1. The number of nitro groups is 1. The molecule has 164 valence electrons. The van der Waals surface area contributed by atoms with Crippen molar-refractivity contribution in [3.8, 4) is 22.1 Å². The minimum Gasteiger partial charge on any atom is -0.437 e. The third-order valence-electron chi connectivity index (χ3n) is 5.03. The topological polar surface area (TPSA) is 90.6 Å². The lowest BCUT2D eigenvalue weighted by atomic mass is 10.2. The summed E-state index contributed by atoms with van der Waals surface area (Å²) in [4.78, 5) is 24.2. The van der Waals surface area contributed by atoms with Gasteiger partial charge >= 0.3 is 0 Å². The maximum Gasteiger partial charge on any atom is 0.271 e. The van der Waals surface area contributed by atoms with E-state index in [9.17, 15) is 10.1 Å². The summed E-state index contributed by atoms with van der Waals surface area (Å²) in [5, 5.41) is 16.1. The van der Waals surface area contributed by atoms with Gasteiger partial charge in [0.05, 0.1) is 35.1 Å². The molecule has 0 N–H and O–H groups in total. The van der Waals surface area contributed by atoms with Crippen molar-refractivity contribution in [1.82, 2.24) is 14.9 Å². The van der Waals surface area contributed by atoms with Crippen LogP contribution in [0.15, 0.2) is 41.1 Å². The van der Waals surface area contributed by atoms with Crippen LogP contribution in [0, 0.1) is 10.1 Å². The van der Waals surface area contributed by atoms with Gasteiger partial charge in [-0.1, -0.05) is 17.7 Å². The molecule has 1 aliphatic heterocycles. The zero-order valence-electron chi connectivity index (χ0n) is 16.7. The van der Waals surface area contributed by atoms with Crippen molar-refractivity contribution in [2.75, 3.05) is 26.3 Å². The van der Waals surface area contributed by atoms with E-state index in [0.717, 1.165) is 33.7 Å². The number of fused-ring (bicyclic) bond motifs is 1. The van der Waals surface area contributed by atoms with Crippen molar-refractivity contribution >= 4 is 50.2 Å². The first-order chi connectivity index (χ1) is 15.6. The van der Waals surface area contributed by atoms with Crippen molar-refractivity contribution in [2.24, 2.45) is 0 Å². The van der Waals surface area contributed by atoms with Crippen LogP contribution < -0.4 is 4.74 Å². The predicted molar refractivity (Wildman–Crippen MR) is 125 cm³/mol. The molecular weight excluding hydrogens is 472 g/mol. The molecule has 11 heteroatoms. The van der Waals surface area contributed by atoms with Crippen LogP contribution in [0.3, 0.4) is 0 Å². The standard InChI is InChI=1S/C21H17ClN4O4S2/c22-15-10-13(26(27)28)3-4-16(15)30-20-19-14(17-2-1-9-31-17)12-32-21(19)24-18(23-20)11-25-5-7-29-8-6-25/h1-4,9-10,12H,5-8,11H2. The van der Waals surface area contributed by atoms with Gasteiger partial charge in [-0.2, -0.15) is 4.98 Å². The van der Waals surface area contributed by atoms with Crippen LogP contribution in [0.25, 0.3) is 20.7 Å². The lowest BCUT2D eigenvalue weighted by Gasteiger charge is -2.25. The Labute approximate surface area is 196 Å². The van der Waals surface area contributed by atoms with Gasteiger partial charge in [-0.15, -0.1) is 22.7 Å². The minimum atomic E-state index is -0.493. The second-order valence-electron chi connectivity index (χ2n) is 7.11. The van der Waals surface area contributed by atoms with Gasteiger partial charge in [0.1, 0.15) is 16.4 Å². The molecule has 4 heterocycles. The average Bonchev–Trinajstić information content (AvgIpc) is 3.45. The molecule has 0 saturated carbocycles. The quantitative estimate of drug-likeness (QED) is 0.257. The molecule has 8 nitrogen and oxygen atoms in total. The van der Waals surface area contributed by atoms with E-state index in [2.05, 4.69) is 4.90 Å². The highest BCUT2D eigenvalue weighted by Crippen LogP contribution is 2.42. The van der Waals surface area contributed by atoms with Gasteiger partial charge in [0, 0.05) is 41.0 Å². The highest BCUT2D eigenvalue weighted by molar-refractivity contribution is 7.18. The predicted octanol–water partition coefficient (Wildman–Crippen LogP) is 5.61. The Morgan fingerprint density at radius 2 is 2.06 bits per heavy atom. The average molecular weight is 489 g/mol. The summed E-state index contributed by atoms with van der Waals surface area (Å²) in [5.74, 6) is 1.34. The fraction of sp³-hybridized carbons (Fsp3) is 0.238. The van der Waals surface area contributed by atoms with Gasteiger partial charge in [0.25, 0.3) is 5.69 Å². The number of halogens is 1. The van der Waals surface area contributed by atoms with Crippen LogP contribution in [-0.4, -0.2) is 46.1 Å². The highest BCUT2D eigenvalue weighted by Gasteiger charge is 2.21. The van der Waals surface area contributed by atoms with Gasteiger partial charge in [-0.05, 0) is 17.5 Å². The summed E-state index contributed by atoms with van der Waals surface area (Å²) in [6, 6.07) is 8.16. The molecule has 0 spiro atoms. The Morgan fingerprint density at radius 3 is 2.78 bits per heavy atom. The maximum atomic E-state index is 11.0. The van der Waals surface area contributed by atoms with E-state index in [0.29, 0.717) is 37.2 Å². The van der Waals surface area contributed by atoms with E-state index in [4.69, 9.17) is 31.0 Å². The number of ether oxygens (including phenoxy) is 2. The number of rotatable bonds is 6. The Balaban J connectivity index is 1.57. The smallest absolute Gasteiger partial charge is 0.271 e. The molecule has 4 aromatic rings. The SMILES string of the molecule is O=[N+]([O-])c1ccc(Oc2nc(CN3CCOCC3)nc3scc(-c4cccs4)c23)c(Cl)c1. The monoisotopic (exact) mass is 488 g/mol. The first-order valence-electron chi connectivity index (χ1n) is 9.82. The van der Waals surface area contributed by atoms with E-state index >= 15 is 0 Å². The van der Waals surface area contributed by atoms with E-state index in [-0.39, 0.29) is 10.7 Å². The van der Waals surface area contributed by atoms with Crippen molar-refractivity contribution in [3.05, 3.63) is 62.1 Å². The molecule has 0 radical (unpaired) electrons. The largest absolute Gasteiger partial charge is 0.437 e. The normalized spacial score (nSPS) is 14.7. The fourth-order valence-electron chi connectivity index (χ4n) is 3.46. The molecule has 0 unspecified atom stereocenters. The molecule has 0 bridgehead atoms. The highest BCUT2D eigenvalue weighted by atomic mass is 35.5. The molecule has 1 aliphatic rings. The van der Waals surface area contributed by atoms with Gasteiger partial charge in [0.15, 0.2) is 0 Å². The number of aromatic nitrogens is 2. The van der Waals surface area contributed by atoms with Gasteiger partial charge in [0.2, 0.25) is 5.88 Å². The Kier molecular flexibility index (Phi) is 6.03. The Morgan fingerprint density at radius 1 is 1.22 bits per heavy atom. The van der Waals surface area contributed by atoms with Crippen LogP contribution in [0.1, 0.15) is 5.82 Å². The van der Waals surface area contributed by atoms with Crippen molar-refractivity contribution < 1.29 is 14.4 Å². The summed E-state index contributed by atoms with van der Waals surface area (Å²) in [6.07, 6.45) is 0. The number of non-ortho nitro benzene ring substituents is 1. The molecule has 1 saturated heterocycles. The van der Waals surface area contributed by atoms with Crippen LogP contribution in [0.5, 0.6) is 11.6 Å². The summed E-state index contributed by atoms with van der Waals surface area (Å²) in [6.45, 7) is 3.58. The molecule has 0 aliphatic carbocycles. The zero-order valence-corrected chi connectivity index (χ0v) is 19.1. The first kappa shape index (κ1) is 21.2. The third kappa shape index (κ3) is 4.32. The number of benzene rings is 1. The molecule has 3 aromatic heterocycles. The van der Waals surface area contributed by atoms with E-state index in [1.54, 1.807) is 11.3 Å². The number of hydrogen-bond donors (Lipinski definition) is 0. The van der Waals surface area contributed by atoms with E-state index < -0.39 is 4.92 Å². The molecule has 5 rings (SSSR count). The van der Waals surface area contributed by atoms with Crippen LogP contribution in [-0.2, 0) is 11.3 Å². The summed E-state index contributed by atoms with van der Waals surface area (Å²) < 4.78 is 11.6. The molecule has 0 amide bonds. The molecule has 1 fully saturated rings. The number of hydrogen-bond acceptors (Lipinski definition) is 9. The molecule has 1 aromatic carbocycles. The van der Waals surface area contributed by atoms with E-state index in [1.165, 1.54) is 29.5 Å². The van der Waals surface area contributed by atoms with Crippen LogP contribution in [0.2, 0.25) is 5.02 Å². The number of thiophene rings is 2. The maximum absolute atomic E-state index is 11.0. The second kappa shape index (κ2) is 9.08. The van der Waals surface area contributed by atoms with Gasteiger partial charge in [-0.25, -0.2) is 4.98 Å². The summed E-state index contributed by atoms with van der Waals surface area (Å²) >= 11 is 9.45. The number of nitrogens with zero attached hydrogens (tertiary/aromatic N) is 4. The first-order valence-corrected chi connectivity index (χ1v) is 12.0. The van der Waals surface area contributed by atoms with Gasteiger partial charge < -0.3 is 9.47 Å².